The molecule has 0 spiro atoms. The summed E-state index contributed by atoms with van der Waals surface area (Å²) in [5, 5.41) is 1.08. The maximum Gasteiger partial charge on any atom is 0.271 e. The van der Waals surface area contributed by atoms with Gasteiger partial charge < -0.3 is 4.98 Å². The standard InChI is InChI=1S/C27H20ClFN4O3S/c1-16-12-18(4-7-22(16)28)21-13-17(2)25(15-23(21)29)33(27-30-10-3-11-31-27)37(35,36)20-6-8-24-19(14-20)5-9-26(34)32-24/h3-15H,1-2H3,(H,32,34). The second-order valence-corrected chi connectivity index (χ2v) is 10.7. The Morgan fingerprint density at radius 3 is 2.41 bits per heavy atom. The summed E-state index contributed by atoms with van der Waals surface area (Å²) in [5.41, 5.74) is 2.46. The third kappa shape index (κ3) is 4.59. The van der Waals surface area contributed by atoms with Gasteiger partial charge in [0.25, 0.3) is 10.0 Å². The van der Waals surface area contributed by atoms with Gasteiger partial charge in [0.1, 0.15) is 5.82 Å². The first-order valence-corrected chi connectivity index (χ1v) is 13.0. The van der Waals surface area contributed by atoms with Crippen molar-refractivity contribution in [3.63, 3.8) is 0 Å². The number of H-pyrrole nitrogens is 1. The minimum absolute atomic E-state index is 0.0692. The molecule has 0 unspecified atom stereocenters. The van der Waals surface area contributed by atoms with Gasteiger partial charge in [-0.3, -0.25) is 4.79 Å². The summed E-state index contributed by atoms with van der Waals surface area (Å²) in [7, 11) is -4.31. The number of rotatable bonds is 5. The van der Waals surface area contributed by atoms with Crippen LogP contribution in [0.15, 0.2) is 88.8 Å². The molecule has 0 atom stereocenters. The van der Waals surface area contributed by atoms with E-state index >= 15 is 4.39 Å². The van der Waals surface area contributed by atoms with Crippen LogP contribution < -0.4 is 9.86 Å². The third-order valence-corrected chi connectivity index (χ3v) is 8.05. The molecule has 0 saturated heterocycles. The highest BCUT2D eigenvalue weighted by Crippen LogP contribution is 2.37. The Labute approximate surface area is 217 Å². The quantitative estimate of drug-likeness (QED) is 0.302. The molecule has 0 aliphatic carbocycles. The molecule has 186 valence electrons. The van der Waals surface area contributed by atoms with Crippen molar-refractivity contribution in [2.75, 3.05) is 4.31 Å². The molecule has 0 saturated carbocycles. The number of aromatic nitrogens is 3. The monoisotopic (exact) mass is 534 g/mol. The summed E-state index contributed by atoms with van der Waals surface area (Å²) in [6.07, 6.45) is 2.82. The summed E-state index contributed by atoms with van der Waals surface area (Å²) in [5.74, 6) is -0.754. The van der Waals surface area contributed by atoms with Gasteiger partial charge in [0.15, 0.2) is 0 Å². The van der Waals surface area contributed by atoms with Crippen molar-refractivity contribution in [2.45, 2.75) is 18.7 Å². The normalized spacial score (nSPS) is 11.6. The van der Waals surface area contributed by atoms with Crippen LogP contribution in [-0.2, 0) is 10.0 Å². The van der Waals surface area contributed by atoms with E-state index in [9.17, 15) is 13.2 Å². The van der Waals surface area contributed by atoms with Crippen molar-refractivity contribution in [3.8, 4) is 11.1 Å². The van der Waals surface area contributed by atoms with Gasteiger partial charge in [-0.2, -0.15) is 0 Å². The molecule has 0 radical (unpaired) electrons. The van der Waals surface area contributed by atoms with Gasteiger partial charge in [0.05, 0.1) is 10.6 Å². The van der Waals surface area contributed by atoms with Crippen LogP contribution in [0.1, 0.15) is 11.1 Å². The van der Waals surface area contributed by atoms with Gasteiger partial charge in [-0.1, -0.05) is 17.7 Å². The maximum absolute atomic E-state index is 15.5. The summed E-state index contributed by atoms with van der Waals surface area (Å²) in [6, 6.07) is 16.6. The largest absolute Gasteiger partial charge is 0.322 e. The first kappa shape index (κ1) is 24.6. The van der Waals surface area contributed by atoms with Crippen molar-refractivity contribution in [3.05, 3.63) is 111 Å². The lowest BCUT2D eigenvalue weighted by atomic mass is 10.00. The van der Waals surface area contributed by atoms with Crippen LogP contribution in [0.2, 0.25) is 5.02 Å². The second-order valence-electron chi connectivity index (χ2n) is 8.47. The van der Waals surface area contributed by atoms with Gasteiger partial charge in [-0.05, 0) is 90.5 Å². The average molecular weight is 535 g/mol. The molecule has 0 amide bonds. The lowest BCUT2D eigenvalue weighted by molar-refractivity contribution is 0.595. The average Bonchev–Trinajstić information content (AvgIpc) is 2.88. The Morgan fingerprint density at radius 2 is 1.68 bits per heavy atom. The van der Waals surface area contributed by atoms with E-state index in [1.165, 1.54) is 48.8 Å². The highest BCUT2D eigenvalue weighted by atomic mass is 35.5. The molecule has 10 heteroatoms. The van der Waals surface area contributed by atoms with E-state index in [0.717, 1.165) is 9.87 Å². The first-order chi connectivity index (χ1) is 17.6. The fourth-order valence-corrected chi connectivity index (χ4v) is 5.67. The molecule has 0 aliphatic heterocycles. The number of aromatic amines is 1. The number of nitrogens with one attached hydrogen (secondary N) is 1. The van der Waals surface area contributed by atoms with Crippen LogP contribution in [0.5, 0.6) is 0 Å². The van der Waals surface area contributed by atoms with Crippen LogP contribution in [-0.4, -0.2) is 23.4 Å². The zero-order valence-electron chi connectivity index (χ0n) is 19.7. The molecule has 37 heavy (non-hydrogen) atoms. The minimum atomic E-state index is -4.31. The Hall–Kier alpha value is -4.08. The second kappa shape index (κ2) is 9.42. The Morgan fingerprint density at radius 1 is 0.919 bits per heavy atom. The van der Waals surface area contributed by atoms with E-state index < -0.39 is 15.8 Å². The number of aryl methyl sites for hydroxylation is 2. The van der Waals surface area contributed by atoms with E-state index in [2.05, 4.69) is 15.0 Å². The predicted molar refractivity (Wildman–Crippen MR) is 142 cm³/mol. The number of anilines is 2. The zero-order chi connectivity index (χ0) is 26.3. The number of nitrogens with zero attached hydrogens (tertiary/aromatic N) is 3. The number of pyridine rings is 1. The summed E-state index contributed by atoms with van der Waals surface area (Å²) in [4.78, 5) is 22.5. The molecule has 5 rings (SSSR count). The van der Waals surface area contributed by atoms with Crippen molar-refractivity contribution in [2.24, 2.45) is 0 Å². The smallest absolute Gasteiger partial charge is 0.271 e. The molecule has 0 fully saturated rings. The lowest BCUT2D eigenvalue weighted by Crippen LogP contribution is -2.28. The molecule has 3 aromatic carbocycles. The van der Waals surface area contributed by atoms with E-state index in [1.807, 2.05) is 6.92 Å². The molecule has 2 aromatic heterocycles. The molecule has 5 aromatic rings. The van der Waals surface area contributed by atoms with Crippen LogP contribution in [0.3, 0.4) is 0 Å². The maximum atomic E-state index is 15.5. The predicted octanol–water partition coefficient (Wildman–Crippen LogP) is 5.92. The summed E-state index contributed by atoms with van der Waals surface area (Å²) in [6.45, 7) is 3.52. The molecule has 1 N–H and O–H groups in total. The Bertz CT molecular complexity index is 1830. The Kier molecular flexibility index (Phi) is 6.26. The SMILES string of the molecule is Cc1cc(-c2cc(C)c(N(c3ncccn3)S(=O)(=O)c3ccc4[nH]c(=O)ccc4c3)cc2F)ccc1Cl. The van der Waals surface area contributed by atoms with Gasteiger partial charge >= 0.3 is 0 Å². The molecular formula is C27H20ClFN4O3S. The van der Waals surface area contributed by atoms with E-state index in [4.69, 9.17) is 11.6 Å². The number of hydrogen-bond donors (Lipinski definition) is 1. The lowest BCUT2D eigenvalue weighted by Gasteiger charge is -2.25. The molecule has 0 bridgehead atoms. The molecular weight excluding hydrogens is 515 g/mol. The van der Waals surface area contributed by atoms with Crippen molar-refractivity contribution >= 4 is 44.2 Å². The van der Waals surface area contributed by atoms with E-state index in [1.54, 1.807) is 37.3 Å². The highest BCUT2D eigenvalue weighted by Gasteiger charge is 2.31. The summed E-state index contributed by atoms with van der Waals surface area (Å²) >= 11 is 6.13. The molecule has 7 nitrogen and oxygen atoms in total. The van der Waals surface area contributed by atoms with E-state index in [-0.39, 0.29) is 22.1 Å². The van der Waals surface area contributed by atoms with Gasteiger partial charge in [-0.25, -0.2) is 27.1 Å². The number of halogens is 2. The zero-order valence-corrected chi connectivity index (χ0v) is 21.3. The van der Waals surface area contributed by atoms with Crippen LogP contribution in [0, 0.1) is 19.7 Å². The first-order valence-electron chi connectivity index (χ1n) is 11.2. The summed E-state index contributed by atoms with van der Waals surface area (Å²) < 4.78 is 44.4. The third-order valence-electron chi connectivity index (χ3n) is 5.94. The molecule has 0 aliphatic rings. The topological polar surface area (TPSA) is 96.0 Å². The van der Waals surface area contributed by atoms with Crippen molar-refractivity contribution in [1.29, 1.82) is 0 Å². The van der Waals surface area contributed by atoms with Crippen molar-refractivity contribution in [1.82, 2.24) is 15.0 Å². The van der Waals surface area contributed by atoms with Crippen LogP contribution >= 0.6 is 11.6 Å². The number of fused-ring (bicyclic) bond motifs is 1. The highest BCUT2D eigenvalue weighted by molar-refractivity contribution is 7.93. The van der Waals surface area contributed by atoms with Gasteiger partial charge in [0, 0.05) is 34.6 Å². The number of hydrogen-bond acceptors (Lipinski definition) is 5. The Balaban J connectivity index is 1.69. The minimum Gasteiger partial charge on any atom is -0.322 e. The molecule has 2 heterocycles. The van der Waals surface area contributed by atoms with Gasteiger partial charge in [-0.15, -0.1) is 0 Å². The fourth-order valence-electron chi connectivity index (χ4n) is 4.06. The number of benzene rings is 3. The number of sulfonamides is 1. The van der Waals surface area contributed by atoms with E-state index in [0.29, 0.717) is 32.6 Å². The van der Waals surface area contributed by atoms with Crippen LogP contribution in [0.4, 0.5) is 16.0 Å². The fraction of sp³-hybridized carbons (Fsp3) is 0.0741. The van der Waals surface area contributed by atoms with Gasteiger partial charge in [0.2, 0.25) is 11.5 Å². The van der Waals surface area contributed by atoms with Crippen molar-refractivity contribution < 1.29 is 12.8 Å². The van der Waals surface area contributed by atoms with Crippen LogP contribution in [0.25, 0.3) is 22.0 Å².